The van der Waals surface area contributed by atoms with Crippen LogP contribution in [0.1, 0.15) is 148 Å². The fourth-order valence-corrected chi connectivity index (χ4v) is 4.52. The summed E-state index contributed by atoms with van der Waals surface area (Å²) in [6, 6.07) is 6.78. The molecular formula is C29H54N+. The van der Waals surface area contributed by atoms with Gasteiger partial charge in [-0.2, -0.15) is 0 Å². The van der Waals surface area contributed by atoms with Gasteiger partial charge < -0.3 is 0 Å². The summed E-state index contributed by atoms with van der Waals surface area (Å²) >= 11 is 0. The molecule has 0 fully saturated rings. The number of pyridine rings is 1. The van der Waals surface area contributed by atoms with Gasteiger partial charge in [0.05, 0.1) is 0 Å². The minimum absolute atomic E-state index is 1.21. The molecule has 0 saturated heterocycles. The largest absolute Gasteiger partial charge is 0.202 e. The molecule has 174 valence electrons. The Labute approximate surface area is 190 Å². The summed E-state index contributed by atoms with van der Waals surface area (Å²) in [6.07, 6.45) is 32.0. The van der Waals surface area contributed by atoms with E-state index in [2.05, 4.69) is 42.8 Å². The van der Waals surface area contributed by atoms with Crippen LogP contribution in [0.5, 0.6) is 0 Å². The van der Waals surface area contributed by atoms with Gasteiger partial charge in [-0.05, 0) is 12.8 Å². The zero-order chi connectivity index (χ0) is 21.5. The molecule has 0 aliphatic heterocycles. The highest BCUT2D eigenvalue weighted by Crippen LogP contribution is 2.12. The lowest BCUT2D eigenvalue weighted by molar-refractivity contribution is -0.704. The lowest BCUT2D eigenvalue weighted by Gasteiger charge is -2.05. The Kier molecular flexibility index (Phi) is 19.4. The van der Waals surface area contributed by atoms with Crippen molar-refractivity contribution in [3.05, 3.63) is 30.1 Å². The van der Waals surface area contributed by atoms with E-state index in [0.717, 1.165) is 0 Å². The molecule has 0 N–H and O–H groups in total. The van der Waals surface area contributed by atoms with E-state index in [9.17, 15) is 0 Å². The second kappa shape index (κ2) is 21.4. The monoisotopic (exact) mass is 416 g/mol. The third-order valence-electron chi connectivity index (χ3n) is 6.57. The van der Waals surface area contributed by atoms with E-state index in [-0.39, 0.29) is 0 Å². The molecular weight excluding hydrogens is 362 g/mol. The van der Waals surface area contributed by atoms with Crippen molar-refractivity contribution in [1.29, 1.82) is 0 Å². The Balaban J connectivity index is 2.02. The average Bonchev–Trinajstić information content (AvgIpc) is 2.77. The zero-order valence-electron chi connectivity index (χ0n) is 20.8. The van der Waals surface area contributed by atoms with E-state index in [1.165, 1.54) is 141 Å². The molecule has 0 aromatic carbocycles. The molecule has 0 aliphatic rings. The molecule has 0 radical (unpaired) electrons. The van der Waals surface area contributed by atoms with Crippen LogP contribution in [0.3, 0.4) is 0 Å². The Morgan fingerprint density at radius 1 is 0.500 bits per heavy atom. The zero-order valence-corrected chi connectivity index (χ0v) is 20.8. The van der Waals surface area contributed by atoms with Gasteiger partial charge in [-0.15, -0.1) is 0 Å². The predicted octanol–water partition coefficient (Wildman–Crippen LogP) is 9.36. The highest BCUT2D eigenvalue weighted by molar-refractivity contribution is 4.97. The van der Waals surface area contributed by atoms with Crippen LogP contribution in [0.2, 0.25) is 0 Å². The van der Waals surface area contributed by atoms with Gasteiger partial charge in [0.25, 0.3) is 0 Å². The first-order valence-electron chi connectivity index (χ1n) is 13.9. The van der Waals surface area contributed by atoms with Crippen LogP contribution in [0.15, 0.2) is 24.4 Å². The molecule has 0 unspecified atom stereocenters. The van der Waals surface area contributed by atoms with Gasteiger partial charge in [0.1, 0.15) is 6.54 Å². The van der Waals surface area contributed by atoms with Crippen molar-refractivity contribution in [2.75, 3.05) is 0 Å². The Bertz CT molecular complexity index is 467. The second-order valence-electron chi connectivity index (χ2n) is 9.50. The number of nitrogens with zero attached hydrogens (tertiary/aromatic N) is 1. The SMILES string of the molecule is CCCCCCCCCCCCC[n+]1ccccc1CCCCCCCCCCC. The summed E-state index contributed by atoms with van der Waals surface area (Å²) in [5.74, 6) is 0. The van der Waals surface area contributed by atoms with E-state index < -0.39 is 0 Å². The number of aryl methyl sites for hydroxylation is 2. The molecule has 1 nitrogen and oxygen atoms in total. The number of hydrogen-bond acceptors (Lipinski definition) is 0. The molecule has 1 heteroatoms. The maximum atomic E-state index is 2.53. The maximum absolute atomic E-state index is 2.53. The van der Waals surface area contributed by atoms with Crippen LogP contribution in [0.25, 0.3) is 0 Å². The van der Waals surface area contributed by atoms with E-state index in [1.54, 1.807) is 5.69 Å². The van der Waals surface area contributed by atoms with Crippen molar-refractivity contribution in [2.24, 2.45) is 0 Å². The standard InChI is InChI=1S/C29H54N/c1-3-5-7-9-11-13-14-16-18-20-23-27-30-28-24-22-26-29(30)25-21-19-17-15-12-10-8-6-4-2/h22,24,26,28H,3-21,23,25,27H2,1-2H3/q+1. The highest BCUT2D eigenvalue weighted by Gasteiger charge is 2.08. The number of rotatable bonds is 22. The van der Waals surface area contributed by atoms with Crippen molar-refractivity contribution >= 4 is 0 Å². The minimum atomic E-state index is 1.21. The van der Waals surface area contributed by atoms with Gasteiger partial charge in [-0.1, -0.05) is 129 Å². The molecule has 1 aromatic heterocycles. The van der Waals surface area contributed by atoms with Crippen LogP contribution in [0.4, 0.5) is 0 Å². The summed E-state index contributed by atoms with van der Waals surface area (Å²) in [6.45, 7) is 5.81. The van der Waals surface area contributed by atoms with Crippen LogP contribution in [-0.4, -0.2) is 0 Å². The highest BCUT2D eigenvalue weighted by atomic mass is 14.9. The molecule has 0 amide bonds. The molecule has 0 atom stereocenters. The Morgan fingerprint density at radius 2 is 0.933 bits per heavy atom. The Hall–Kier alpha value is -0.850. The summed E-state index contributed by atoms with van der Waals surface area (Å²) in [7, 11) is 0. The fraction of sp³-hybridized carbons (Fsp3) is 0.828. The van der Waals surface area contributed by atoms with Crippen LogP contribution in [-0.2, 0) is 13.0 Å². The number of unbranched alkanes of at least 4 members (excludes halogenated alkanes) is 18. The van der Waals surface area contributed by atoms with E-state index in [1.807, 2.05) is 0 Å². The molecule has 1 aromatic rings. The third-order valence-corrected chi connectivity index (χ3v) is 6.57. The van der Waals surface area contributed by atoms with Crippen LogP contribution < -0.4 is 4.57 Å². The third kappa shape index (κ3) is 15.9. The lowest BCUT2D eigenvalue weighted by atomic mass is 10.0. The summed E-state index contributed by atoms with van der Waals surface area (Å²) in [5, 5.41) is 0. The first kappa shape index (κ1) is 27.2. The van der Waals surface area contributed by atoms with Gasteiger partial charge in [0.15, 0.2) is 11.9 Å². The first-order chi connectivity index (χ1) is 14.9. The van der Waals surface area contributed by atoms with Gasteiger partial charge in [-0.25, -0.2) is 4.57 Å². The second-order valence-corrected chi connectivity index (χ2v) is 9.50. The van der Waals surface area contributed by atoms with Crippen LogP contribution >= 0.6 is 0 Å². The number of aromatic nitrogens is 1. The minimum Gasteiger partial charge on any atom is -0.202 e. The van der Waals surface area contributed by atoms with Crippen LogP contribution in [0, 0.1) is 0 Å². The first-order valence-corrected chi connectivity index (χ1v) is 13.9. The predicted molar refractivity (Wildman–Crippen MR) is 134 cm³/mol. The summed E-state index contributed by atoms with van der Waals surface area (Å²) in [4.78, 5) is 0. The van der Waals surface area contributed by atoms with E-state index in [0.29, 0.717) is 0 Å². The van der Waals surface area contributed by atoms with Gasteiger partial charge >= 0.3 is 0 Å². The van der Waals surface area contributed by atoms with Crippen molar-refractivity contribution in [3.63, 3.8) is 0 Å². The topological polar surface area (TPSA) is 3.88 Å². The number of hydrogen-bond donors (Lipinski definition) is 0. The quantitative estimate of drug-likeness (QED) is 0.131. The van der Waals surface area contributed by atoms with Gasteiger partial charge in [-0.3, -0.25) is 0 Å². The molecule has 0 saturated carbocycles. The molecule has 0 aliphatic carbocycles. The molecule has 30 heavy (non-hydrogen) atoms. The van der Waals surface area contributed by atoms with Crippen molar-refractivity contribution in [3.8, 4) is 0 Å². The molecule has 1 rings (SSSR count). The maximum Gasteiger partial charge on any atom is 0.181 e. The normalized spacial score (nSPS) is 11.3. The lowest BCUT2D eigenvalue weighted by Crippen LogP contribution is -2.37. The summed E-state index contributed by atoms with van der Waals surface area (Å²) in [5.41, 5.74) is 1.55. The smallest absolute Gasteiger partial charge is 0.181 e. The fourth-order valence-electron chi connectivity index (χ4n) is 4.52. The van der Waals surface area contributed by atoms with Crippen molar-refractivity contribution in [1.82, 2.24) is 0 Å². The van der Waals surface area contributed by atoms with Crippen molar-refractivity contribution in [2.45, 2.75) is 155 Å². The molecule has 0 spiro atoms. The van der Waals surface area contributed by atoms with Gasteiger partial charge in [0, 0.05) is 25.0 Å². The molecule has 1 heterocycles. The van der Waals surface area contributed by atoms with E-state index >= 15 is 0 Å². The Morgan fingerprint density at radius 3 is 1.43 bits per heavy atom. The van der Waals surface area contributed by atoms with Gasteiger partial charge in [0.2, 0.25) is 0 Å². The average molecular weight is 417 g/mol. The van der Waals surface area contributed by atoms with E-state index in [4.69, 9.17) is 0 Å². The summed E-state index contributed by atoms with van der Waals surface area (Å²) < 4.78 is 2.53. The molecule has 0 bridgehead atoms. The van der Waals surface area contributed by atoms with Crippen molar-refractivity contribution < 1.29 is 4.57 Å².